The maximum Gasteiger partial charge on any atom is 0.303 e. The predicted octanol–water partition coefficient (Wildman–Crippen LogP) is 3.23. The molecule has 21 heavy (non-hydrogen) atoms. The maximum atomic E-state index is 12.9. The Morgan fingerprint density at radius 1 is 1.29 bits per heavy atom. The van der Waals surface area contributed by atoms with Gasteiger partial charge in [-0.15, -0.1) is 0 Å². The first kappa shape index (κ1) is 15.4. The van der Waals surface area contributed by atoms with Gasteiger partial charge in [-0.2, -0.15) is 0 Å². The Kier molecular flexibility index (Phi) is 4.85. The second-order valence-electron chi connectivity index (χ2n) is 4.58. The minimum Gasteiger partial charge on any atom is -0.458 e. The molecular weight excluding hydrogens is 295 g/mol. The van der Waals surface area contributed by atoms with Crippen LogP contribution >= 0.6 is 11.6 Å². The van der Waals surface area contributed by atoms with Crippen LogP contribution in [0.25, 0.3) is 0 Å². The molecular formula is C15H14ClFN2O2. The van der Waals surface area contributed by atoms with E-state index in [9.17, 15) is 9.18 Å². The zero-order chi connectivity index (χ0) is 15.4. The van der Waals surface area contributed by atoms with E-state index < -0.39 is 5.97 Å². The molecule has 0 saturated heterocycles. The van der Waals surface area contributed by atoms with Crippen molar-refractivity contribution in [1.82, 2.24) is 9.97 Å². The van der Waals surface area contributed by atoms with Gasteiger partial charge in [-0.3, -0.25) is 4.79 Å². The van der Waals surface area contributed by atoms with E-state index in [4.69, 9.17) is 16.3 Å². The van der Waals surface area contributed by atoms with Crippen LogP contribution in [0.3, 0.4) is 0 Å². The van der Waals surface area contributed by atoms with Crippen LogP contribution in [0.4, 0.5) is 4.39 Å². The van der Waals surface area contributed by atoms with Crippen molar-refractivity contribution in [2.45, 2.75) is 26.9 Å². The Balaban J connectivity index is 2.20. The van der Waals surface area contributed by atoms with E-state index in [0.717, 1.165) is 11.1 Å². The van der Waals surface area contributed by atoms with Gasteiger partial charge in [-0.25, -0.2) is 14.4 Å². The van der Waals surface area contributed by atoms with E-state index in [0.29, 0.717) is 23.1 Å². The fourth-order valence-corrected chi connectivity index (χ4v) is 2.16. The van der Waals surface area contributed by atoms with E-state index in [1.807, 2.05) is 6.92 Å². The molecule has 1 aromatic carbocycles. The molecule has 6 heteroatoms. The van der Waals surface area contributed by atoms with Gasteiger partial charge < -0.3 is 4.74 Å². The van der Waals surface area contributed by atoms with Gasteiger partial charge in [0.15, 0.2) is 12.4 Å². The standard InChI is InChI=1S/C15H14ClFN2O2/c1-9-13(7-11-3-5-12(17)6-4-11)15(16)19-14(18-9)8-21-10(2)20/h3-6H,7-8H2,1-2H3. The van der Waals surface area contributed by atoms with Gasteiger partial charge in [0.2, 0.25) is 0 Å². The normalized spacial score (nSPS) is 10.5. The minimum absolute atomic E-state index is 0.00722. The zero-order valence-electron chi connectivity index (χ0n) is 11.7. The summed E-state index contributed by atoms with van der Waals surface area (Å²) in [6.45, 7) is 3.12. The summed E-state index contributed by atoms with van der Waals surface area (Å²) >= 11 is 6.17. The first-order valence-corrected chi connectivity index (χ1v) is 6.73. The number of benzene rings is 1. The minimum atomic E-state index is -0.400. The van der Waals surface area contributed by atoms with Crippen LogP contribution in [0, 0.1) is 12.7 Å². The van der Waals surface area contributed by atoms with E-state index in [-0.39, 0.29) is 12.4 Å². The lowest BCUT2D eigenvalue weighted by Gasteiger charge is -2.10. The molecule has 0 N–H and O–H groups in total. The molecule has 0 bridgehead atoms. The quantitative estimate of drug-likeness (QED) is 0.643. The van der Waals surface area contributed by atoms with Crippen LogP contribution in [-0.2, 0) is 22.6 Å². The summed E-state index contributed by atoms with van der Waals surface area (Å²) in [6, 6.07) is 6.18. The molecule has 4 nitrogen and oxygen atoms in total. The van der Waals surface area contributed by atoms with E-state index >= 15 is 0 Å². The summed E-state index contributed by atoms with van der Waals surface area (Å²) in [4.78, 5) is 19.2. The number of carbonyl (C=O) groups excluding carboxylic acids is 1. The number of carbonyl (C=O) groups is 1. The molecule has 1 heterocycles. The molecule has 0 radical (unpaired) electrons. The van der Waals surface area contributed by atoms with E-state index in [2.05, 4.69) is 9.97 Å². The average molecular weight is 309 g/mol. The molecule has 0 aliphatic heterocycles. The fraction of sp³-hybridized carbons (Fsp3) is 0.267. The van der Waals surface area contributed by atoms with Crippen molar-refractivity contribution >= 4 is 17.6 Å². The Morgan fingerprint density at radius 2 is 1.95 bits per heavy atom. The van der Waals surface area contributed by atoms with Gasteiger partial charge in [0.05, 0.1) is 0 Å². The van der Waals surface area contributed by atoms with E-state index in [1.54, 1.807) is 12.1 Å². The van der Waals surface area contributed by atoms with Gasteiger partial charge in [-0.1, -0.05) is 23.7 Å². The number of esters is 1. The van der Waals surface area contributed by atoms with Crippen LogP contribution in [0.15, 0.2) is 24.3 Å². The lowest BCUT2D eigenvalue weighted by atomic mass is 10.1. The van der Waals surface area contributed by atoms with Crippen LogP contribution < -0.4 is 0 Å². The summed E-state index contributed by atoms with van der Waals surface area (Å²) in [6.07, 6.45) is 0.513. The molecule has 2 rings (SSSR count). The highest BCUT2D eigenvalue weighted by atomic mass is 35.5. The number of aromatic nitrogens is 2. The molecule has 0 unspecified atom stereocenters. The highest BCUT2D eigenvalue weighted by molar-refractivity contribution is 6.30. The van der Waals surface area contributed by atoms with Crippen LogP contribution in [0.2, 0.25) is 5.15 Å². The van der Waals surface area contributed by atoms with Gasteiger partial charge >= 0.3 is 5.97 Å². The number of hydrogen-bond acceptors (Lipinski definition) is 4. The molecule has 0 amide bonds. The molecule has 0 aliphatic rings. The predicted molar refractivity (Wildman–Crippen MR) is 76.5 cm³/mol. The molecule has 0 atom stereocenters. The summed E-state index contributed by atoms with van der Waals surface area (Å²) in [5, 5.41) is 0.314. The third-order valence-corrected chi connectivity index (χ3v) is 3.22. The number of rotatable bonds is 4. The summed E-state index contributed by atoms with van der Waals surface area (Å²) in [5.74, 6) is -0.326. The van der Waals surface area contributed by atoms with Gasteiger partial charge in [0.25, 0.3) is 0 Å². The monoisotopic (exact) mass is 308 g/mol. The molecule has 0 aliphatic carbocycles. The van der Waals surface area contributed by atoms with Crippen LogP contribution in [-0.4, -0.2) is 15.9 Å². The van der Waals surface area contributed by atoms with Crippen molar-refractivity contribution in [2.24, 2.45) is 0 Å². The average Bonchev–Trinajstić information content (AvgIpc) is 2.42. The Labute approximate surface area is 126 Å². The summed E-state index contributed by atoms with van der Waals surface area (Å²) in [5.41, 5.74) is 2.40. The third-order valence-electron chi connectivity index (χ3n) is 2.91. The topological polar surface area (TPSA) is 52.1 Å². The third kappa shape index (κ3) is 4.23. The number of aryl methyl sites for hydroxylation is 1. The van der Waals surface area contributed by atoms with Crippen LogP contribution in [0.5, 0.6) is 0 Å². The zero-order valence-corrected chi connectivity index (χ0v) is 12.4. The Hall–Kier alpha value is -2.01. The van der Waals surface area contributed by atoms with Gasteiger partial charge in [0, 0.05) is 24.6 Å². The Bertz CT molecular complexity index is 636. The highest BCUT2D eigenvalue weighted by Gasteiger charge is 2.11. The Morgan fingerprint density at radius 3 is 2.52 bits per heavy atom. The second kappa shape index (κ2) is 6.63. The van der Waals surface area contributed by atoms with Gasteiger partial charge in [-0.05, 0) is 24.6 Å². The number of nitrogens with zero attached hydrogens (tertiary/aromatic N) is 2. The molecule has 0 spiro atoms. The van der Waals surface area contributed by atoms with Crippen molar-refractivity contribution in [1.29, 1.82) is 0 Å². The van der Waals surface area contributed by atoms with Crippen molar-refractivity contribution in [3.8, 4) is 0 Å². The SMILES string of the molecule is CC(=O)OCc1nc(C)c(Cc2ccc(F)cc2)c(Cl)n1. The van der Waals surface area contributed by atoms with Crippen molar-refractivity contribution in [3.63, 3.8) is 0 Å². The van der Waals surface area contributed by atoms with Gasteiger partial charge in [0.1, 0.15) is 11.0 Å². The van der Waals surface area contributed by atoms with E-state index in [1.165, 1.54) is 19.1 Å². The number of ether oxygens (including phenoxy) is 1. The molecule has 2 aromatic rings. The smallest absolute Gasteiger partial charge is 0.303 e. The summed E-state index contributed by atoms with van der Waals surface area (Å²) < 4.78 is 17.7. The van der Waals surface area contributed by atoms with Crippen molar-refractivity contribution < 1.29 is 13.9 Å². The molecule has 0 fully saturated rings. The second-order valence-corrected chi connectivity index (χ2v) is 4.94. The highest BCUT2D eigenvalue weighted by Crippen LogP contribution is 2.21. The first-order valence-electron chi connectivity index (χ1n) is 6.35. The molecule has 110 valence electrons. The number of hydrogen-bond donors (Lipinski definition) is 0. The van der Waals surface area contributed by atoms with Crippen molar-refractivity contribution in [3.05, 3.63) is 57.9 Å². The lowest BCUT2D eigenvalue weighted by Crippen LogP contribution is -2.07. The molecule has 1 aromatic heterocycles. The van der Waals surface area contributed by atoms with Crippen molar-refractivity contribution in [2.75, 3.05) is 0 Å². The molecule has 0 saturated carbocycles. The number of halogens is 2. The largest absolute Gasteiger partial charge is 0.458 e. The first-order chi connectivity index (χ1) is 9.95. The lowest BCUT2D eigenvalue weighted by molar-refractivity contribution is -0.142. The fourth-order valence-electron chi connectivity index (χ4n) is 1.85. The summed E-state index contributed by atoms with van der Waals surface area (Å²) in [7, 11) is 0. The maximum absolute atomic E-state index is 12.9. The van der Waals surface area contributed by atoms with Crippen LogP contribution in [0.1, 0.15) is 29.6 Å².